The molecule has 18 heavy (non-hydrogen) atoms. The molecule has 0 spiro atoms. The van der Waals surface area contributed by atoms with Gasteiger partial charge in [-0.25, -0.2) is 0 Å². The van der Waals surface area contributed by atoms with Gasteiger partial charge in [0.2, 0.25) is 0 Å². The molecule has 1 unspecified atom stereocenters. The van der Waals surface area contributed by atoms with E-state index in [4.69, 9.17) is 5.84 Å². The Labute approximate surface area is 114 Å². The first kappa shape index (κ1) is 13.3. The van der Waals surface area contributed by atoms with Crippen LogP contribution in [0.2, 0.25) is 0 Å². The van der Waals surface area contributed by atoms with Crippen LogP contribution >= 0.6 is 15.9 Å². The van der Waals surface area contributed by atoms with Crippen LogP contribution in [-0.2, 0) is 20.5 Å². The van der Waals surface area contributed by atoms with Crippen molar-refractivity contribution in [2.75, 3.05) is 0 Å². The first-order chi connectivity index (χ1) is 8.52. The van der Waals surface area contributed by atoms with Gasteiger partial charge in [0.1, 0.15) is 0 Å². The highest BCUT2D eigenvalue weighted by atomic mass is 79.9. The van der Waals surface area contributed by atoms with E-state index < -0.39 is 0 Å². The Morgan fingerprint density at radius 2 is 2.22 bits per heavy atom. The summed E-state index contributed by atoms with van der Waals surface area (Å²) in [5.74, 6) is 5.64. The van der Waals surface area contributed by atoms with Crippen molar-refractivity contribution in [3.05, 3.63) is 33.8 Å². The minimum Gasteiger partial charge on any atom is -0.275 e. The standard InChI is InChI=1S/C11H17BrN6/c1-7-11(12)10(18(3)16-7)4-9(15-13)8-5-14-17(2)6-8/h5-6,9,15H,4,13H2,1-3H3. The van der Waals surface area contributed by atoms with Crippen LogP contribution in [0.1, 0.15) is 23.0 Å². The fraction of sp³-hybridized carbons (Fsp3) is 0.455. The lowest BCUT2D eigenvalue weighted by atomic mass is 10.1. The van der Waals surface area contributed by atoms with Gasteiger partial charge in [-0.15, -0.1) is 0 Å². The molecule has 0 aliphatic carbocycles. The van der Waals surface area contributed by atoms with Crippen LogP contribution < -0.4 is 11.3 Å². The second-order valence-corrected chi connectivity index (χ2v) is 5.13. The fourth-order valence-electron chi connectivity index (χ4n) is 1.99. The van der Waals surface area contributed by atoms with Gasteiger partial charge in [0.15, 0.2) is 0 Å². The normalized spacial score (nSPS) is 12.9. The summed E-state index contributed by atoms with van der Waals surface area (Å²) in [6.07, 6.45) is 4.53. The van der Waals surface area contributed by atoms with Crippen LogP contribution in [-0.4, -0.2) is 19.6 Å². The van der Waals surface area contributed by atoms with Crippen molar-refractivity contribution in [2.45, 2.75) is 19.4 Å². The van der Waals surface area contributed by atoms with Crippen molar-refractivity contribution in [3.8, 4) is 0 Å². The lowest BCUT2D eigenvalue weighted by Crippen LogP contribution is -2.30. The molecule has 0 radical (unpaired) electrons. The van der Waals surface area contributed by atoms with Gasteiger partial charge in [-0.3, -0.25) is 20.6 Å². The highest BCUT2D eigenvalue weighted by molar-refractivity contribution is 9.10. The molecule has 98 valence electrons. The topological polar surface area (TPSA) is 73.7 Å². The number of nitrogens with one attached hydrogen (secondary N) is 1. The van der Waals surface area contributed by atoms with Crippen LogP contribution in [0.3, 0.4) is 0 Å². The van der Waals surface area contributed by atoms with E-state index in [9.17, 15) is 0 Å². The quantitative estimate of drug-likeness (QED) is 0.652. The summed E-state index contributed by atoms with van der Waals surface area (Å²) < 4.78 is 4.68. The Hall–Kier alpha value is -1.18. The number of hydrogen-bond acceptors (Lipinski definition) is 4. The molecule has 0 aliphatic rings. The molecule has 0 aromatic carbocycles. The number of nitrogens with two attached hydrogens (primary N) is 1. The molecule has 0 bridgehead atoms. The lowest BCUT2D eigenvalue weighted by Gasteiger charge is -2.14. The van der Waals surface area contributed by atoms with Gasteiger partial charge in [-0.05, 0) is 22.9 Å². The van der Waals surface area contributed by atoms with Gasteiger partial charge in [-0.1, -0.05) is 0 Å². The Bertz CT molecular complexity index is 544. The molecule has 2 heterocycles. The van der Waals surface area contributed by atoms with Crippen LogP contribution in [0.15, 0.2) is 16.9 Å². The molecule has 2 aromatic rings. The zero-order valence-electron chi connectivity index (χ0n) is 10.7. The first-order valence-corrected chi connectivity index (χ1v) is 6.45. The Morgan fingerprint density at radius 3 is 2.67 bits per heavy atom. The molecule has 0 amide bonds. The highest BCUT2D eigenvalue weighted by Crippen LogP contribution is 2.25. The van der Waals surface area contributed by atoms with E-state index in [-0.39, 0.29) is 6.04 Å². The Balaban J connectivity index is 2.25. The molecule has 2 aromatic heterocycles. The molecule has 2 rings (SSSR count). The predicted octanol–water partition coefficient (Wildman–Crippen LogP) is 0.972. The van der Waals surface area contributed by atoms with Crippen LogP contribution in [0.4, 0.5) is 0 Å². The summed E-state index contributed by atoms with van der Waals surface area (Å²) in [5, 5.41) is 8.54. The summed E-state index contributed by atoms with van der Waals surface area (Å²) in [5.41, 5.74) is 5.98. The minimum absolute atomic E-state index is 0.0183. The van der Waals surface area contributed by atoms with Crippen molar-refractivity contribution >= 4 is 15.9 Å². The summed E-state index contributed by atoms with van der Waals surface area (Å²) >= 11 is 3.56. The van der Waals surface area contributed by atoms with Crippen molar-refractivity contribution in [2.24, 2.45) is 19.9 Å². The second-order valence-electron chi connectivity index (χ2n) is 4.34. The number of aromatic nitrogens is 4. The van der Waals surface area contributed by atoms with Crippen molar-refractivity contribution < 1.29 is 0 Å². The van der Waals surface area contributed by atoms with E-state index in [0.29, 0.717) is 0 Å². The smallest absolute Gasteiger partial charge is 0.0738 e. The average Bonchev–Trinajstić information content (AvgIpc) is 2.84. The molecule has 0 saturated heterocycles. The Morgan fingerprint density at radius 1 is 1.50 bits per heavy atom. The van der Waals surface area contributed by atoms with Gasteiger partial charge >= 0.3 is 0 Å². The monoisotopic (exact) mass is 312 g/mol. The molecular formula is C11H17BrN6. The molecule has 1 atom stereocenters. The number of halogens is 1. The van der Waals surface area contributed by atoms with Crippen molar-refractivity contribution in [1.29, 1.82) is 0 Å². The van der Waals surface area contributed by atoms with Crippen LogP contribution in [0, 0.1) is 6.92 Å². The Kier molecular flexibility index (Phi) is 3.84. The largest absolute Gasteiger partial charge is 0.275 e. The molecule has 7 heteroatoms. The van der Waals surface area contributed by atoms with Gasteiger partial charge in [0.25, 0.3) is 0 Å². The van der Waals surface area contributed by atoms with E-state index in [2.05, 4.69) is 31.6 Å². The number of aryl methyl sites for hydroxylation is 3. The minimum atomic E-state index is 0.0183. The van der Waals surface area contributed by atoms with E-state index >= 15 is 0 Å². The maximum absolute atomic E-state index is 5.64. The van der Waals surface area contributed by atoms with Crippen LogP contribution in [0.5, 0.6) is 0 Å². The molecule has 3 N–H and O–H groups in total. The molecule has 6 nitrogen and oxygen atoms in total. The van der Waals surface area contributed by atoms with Gasteiger partial charge in [0, 0.05) is 32.3 Å². The number of nitrogens with zero attached hydrogens (tertiary/aromatic N) is 4. The lowest BCUT2D eigenvalue weighted by molar-refractivity contribution is 0.528. The van der Waals surface area contributed by atoms with Crippen molar-refractivity contribution in [1.82, 2.24) is 25.0 Å². The number of hydrazine groups is 1. The summed E-state index contributed by atoms with van der Waals surface area (Å²) in [4.78, 5) is 0. The van der Waals surface area contributed by atoms with E-state index in [0.717, 1.165) is 27.8 Å². The van der Waals surface area contributed by atoms with Gasteiger partial charge < -0.3 is 0 Å². The number of rotatable bonds is 4. The highest BCUT2D eigenvalue weighted by Gasteiger charge is 2.18. The summed E-state index contributed by atoms with van der Waals surface area (Å²) in [6, 6.07) is 0.0183. The van der Waals surface area contributed by atoms with Crippen LogP contribution in [0.25, 0.3) is 0 Å². The average molecular weight is 313 g/mol. The molecule has 0 saturated carbocycles. The maximum atomic E-state index is 5.64. The fourth-order valence-corrected chi connectivity index (χ4v) is 2.49. The first-order valence-electron chi connectivity index (χ1n) is 5.65. The summed E-state index contributed by atoms with van der Waals surface area (Å²) in [7, 11) is 3.82. The SMILES string of the molecule is Cc1nn(C)c(CC(NN)c2cnn(C)c2)c1Br. The molecular weight excluding hydrogens is 296 g/mol. The third kappa shape index (κ3) is 2.47. The molecule has 0 fully saturated rings. The zero-order valence-corrected chi connectivity index (χ0v) is 12.3. The van der Waals surface area contributed by atoms with Gasteiger partial charge in [0.05, 0.1) is 28.1 Å². The zero-order chi connectivity index (χ0) is 13.3. The van der Waals surface area contributed by atoms with Gasteiger partial charge in [-0.2, -0.15) is 10.2 Å². The maximum Gasteiger partial charge on any atom is 0.0738 e. The van der Waals surface area contributed by atoms with E-state index in [1.54, 1.807) is 4.68 Å². The van der Waals surface area contributed by atoms with E-state index in [1.165, 1.54) is 0 Å². The van der Waals surface area contributed by atoms with Crippen molar-refractivity contribution in [3.63, 3.8) is 0 Å². The predicted molar refractivity (Wildman–Crippen MR) is 72.6 cm³/mol. The third-order valence-electron chi connectivity index (χ3n) is 2.99. The number of hydrogen-bond donors (Lipinski definition) is 2. The summed E-state index contributed by atoms with van der Waals surface area (Å²) in [6.45, 7) is 1.97. The molecule has 0 aliphatic heterocycles. The van der Waals surface area contributed by atoms with E-state index in [1.807, 2.05) is 38.1 Å². The third-order valence-corrected chi connectivity index (χ3v) is 4.02. The second kappa shape index (κ2) is 5.21.